The number of furan rings is 1. The number of hydrogen-bond donors (Lipinski definition) is 2. The Labute approximate surface area is 124 Å². The second-order valence-corrected chi connectivity index (χ2v) is 4.59. The predicted octanol–water partition coefficient (Wildman–Crippen LogP) is 3.71. The molecular formula is C15H13F3N2O2. The van der Waals surface area contributed by atoms with Gasteiger partial charge in [-0.2, -0.15) is 18.4 Å². The summed E-state index contributed by atoms with van der Waals surface area (Å²) < 4.78 is 43.2. The first kappa shape index (κ1) is 15.9. The van der Waals surface area contributed by atoms with Crippen LogP contribution in [0.5, 0.6) is 0 Å². The van der Waals surface area contributed by atoms with Crippen LogP contribution >= 0.6 is 0 Å². The smallest absolute Gasteiger partial charge is 0.416 e. The number of hydrogen-bond acceptors (Lipinski definition) is 4. The molecule has 1 aromatic heterocycles. The molecule has 0 amide bonds. The van der Waals surface area contributed by atoms with Crippen molar-refractivity contribution in [2.45, 2.75) is 18.6 Å². The first-order valence-corrected chi connectivity index (χ1v) is 6.48. The molecular weight excluding hydrogens is 297 g/mol. The average molecular weight is 310 g/mol. The number of halogens is 3. The summed E-state index contributed by atoms with van der Waals surface area (Å²) in [5, 5.41) is 21.1. The molecule has 1 atom stereocenters. The standard InChI is InChI=1S/C15H13F3N2O2/c16-15(17,18)11-3-4-12(10(8-11)9-19)20-13(5-6-21)14-2-1-7-22-14/h1-4,7-8,13,20-21H,5-6H2. The molecule has 2 rings (SSSR count). The summed E-state index contributed by atoms with van der Waals surface area (Å²) in [5.74, 6) is 0.526. The maximum Gasteiger partial charge on any atom is 0.416 e. The molecule has 2 N–H and O–H groups in total. The Kier molecular flexibility index (Phi) is 4.73. The highest BCUT2D eigenvalue weighted by Crippen LogP contribution is 2.33. The number of nitrogens with zero attached hydrogens (tertiary/aromatic N) is 1. The molecule has 1 unspecified atom stereocenters. The Morgan fingerprint density at radius 2 is 2.09 bits per heavy atom. The fourth-order valence-electron chi connectivity index (χ4n) is 2.03. The summed E-state index contributed by atoms with van der Waals surface area (Å²) in [6.07, 6.45) is -2.76. The molecule has 7 heteroatoms. The number of alkyl halides is 3. The van der Waals surface area contributed by atoms with Gasteiger partial charge >= 0.3 is 6.18 Å². The first-order chi connectivity index (χ1) is 10.5. The van der Waals surface area contributed by atoms with Gasteiger partial charge in [-0.1, -0.05) is 0 Å². The molecule has 0 fully saturated rings. The van der Waals surface area contributed by atoms with E-state index in [1.807, 2.05) is 0 Å². The zero-order valence-electron chi connectivity index (χ0n) is 11.4. The topological polar surface area (TPSA) is 69.2 Å². The van der Waals surface area contributed by atoms with Crippen molar-refractivity contribution < 1.29 is 22.7 Å². The third kappa shape index (κ3) is 3.59. The monoisotopic (exact) mass is 310 g/mol. The molecule has 0 saturated heterocycles. The minimum atomic E-state index is -4.50. The van der Waals surface area contributed by atoms with Crippen molar-refractivity contribution in [3.63, 3.8) is 0 Å². The van der Waals surface area contributed by atoms with E-state index in [0.29, 0.717) is 12.2 Å². The van der Waals surface area contributed by atoms with Crippen LogP contribution in [-0.2, 0) is 6.18 Å². The fourth-order valence-corrected chi connectivity index (χ4v) is 2.03. The maximum atomic E-state index is 12.7. The maximum absolute atomic E-state index is 12.7. The largest absolute Gasteiger partial charge is 0.467 e. The summed E-state index contributed by atoms with van der Waals surface area (Å²) >= 11 is 0. The molecule has 1 aromatic carbocycles. The van der Waals surface area contributed by atoms with Gasteiger partial charge in [0.15, 0.2) is 0 Å². The number of nitriles is 1. The van der Waals surface area contributed by atoms with Crippen LogP contribution < -0.4 is 5.32 Å². The van der Waals surface area contributed by atoms with Gasteiger partial charge in [0, 0.05) is 6.61 Å². The van der Waals surface area contributed by atoms with E-state index < -0.39 is 17.8 Å². The van der Waals surface area contributed by atoms with Crippen LogP contribution in [0.3, 0.4) is 0 Å². The zero-order chi connectivity index (χ0) is 16.2. The van der Waals surface area contributed by atoms with E-state index in [-0.39, 0.29) is 17.9 Å². The third-order valence-electron chi connectivity index (χ3n) is 3.10. The van der Waals surface area contributed by atoms with Gasteiger partial charge in [0.25, 0.3) is 0 Å². The Morgan fingerprint density at radius 3 is 2.64 bits per heavy atom. The Morgan fingerprint density at radius 1 is 1.32 bits per heavy atom. The Bertz CT molecular complexity index is 660. The highest BCUT2D eigenvalue weighted by atomic mass is 19.4. The molecule has 4 nitrogen and oxygen atoms in total. The summed E-state index contributed by atoms with van der Waals surface area (Å²) in [6.45, 7) is -0.138. The van der Waals surface area contributed by atoms with Crippen molar-refractivity contribution in [3.05, 3.63) is 53.5 Å². The van der Waals surface area contributed by atoms with Crippen molar-refractivity contribution in [2.24, 2.45) is 0 Å². The van der Waals surface area contributed by atoms with Crippen LogP contribution in [0.4, 0.5) is 18.9 Å². The van der Waals surface area contributed by atoms with Gasteiger partial charge in [-0.25, -0.2) is 0 Å². The normalized spacial score (nSPS) is 12.7. The molecule has 0 saturated carbocycles. The summed E-state index contributed by atoms with van der Waals surface area (Å²) in [6, 6.07) is 7.55. The van der Waals surface area contributed by atoms with Gasteiger partial charge in [-0.15, -0.1) is 0 Å². The minimum absolute atomic E-state index is 0.121. The van der Waals surface area contributed by atoms with E-state index in [2.05, 4.69) is 5.32 Å². The quantitative estimate of drug-likeness (QED) is 0.883. The minimum Gasteiger partial charge on any atom is -0.467 e. The lowest BCUT2D eigenvalue weighted by molar-refractivity contribution is -0.137. The lowest BCUT2D eigenvalue weighted by Gasteiger charge is -2.18. The molecule has 0 radical (unpaired) electrons. The van der Waals surface area contributed by atoms with Gasteiger partial charge in [-0.3, -0.25) is 0 Å². The van der Waals surface area contributed by atoms with Crippen LogP contribution in [0.1, 0.15) is 29.3 Å². The van der Waals surface area contributed by atoms with E-state index >= 15 is 0 Å². The van der Waals surface area contributed by atoms with E-state index in [9.17, 15) is 13.2 Å². The molecule has 0 aliphatic carbocycles. The van der Waals surface area contributed by atoms with Crippen LogP contribution in [0.15, 0.2) is 41.0 Å². The molecule has 2 aromatic rings. The van der Waals surface area contributed by atoms with Crippen molar-refractivity contribution in [1.29, 1.82) is 5.26 Å². The molecule has 0 bridgehead atoms. The predicted molar refractivity (Wildman–Crippen MR) is 72.9 cm³/mol. The van der Waals surface area contributed by atoms with Gasteiger partial charge in [0.05, 0.1) is 29.1 Å². The average Bonchev–Trinajstić information content (AvgIpc) is 3.00. The molecule has 1 heterocycles. The lowest BCUT2D eigenvalue weighted by Crippen LogP contribution is -2.13. The van der Waals surface area contributed by atoms with E-state index in [4.69, 9.17) is 14.8 Å². The summed E-state index contributed by atoms with van der Waals surface area (Å²) in [5.41, 5.74) is -0.749. The van der Waals surface area contributed by atoms with Crippen LogP contribution in [0.2, 0.25) is 0 Å². The second kappa shape index (κ2) is 6.54. The number of anilines is 1. The fraction of sp³-hybridized carbons (Fsp3) is 0.267. The first-order valence-electron chi connectivity index (χ1n) is 6.48. The Balaban J connectivity index is 2.30. The van der Waals surface area contributed by atoms with Crippen molar-refractivity contribution in [3.8, 4) is 6.07 Å². The molecule has 22 heavy (non-hydrogen) atoms. The lowest BCUT2D eigenvalue weighted by atomic mass is 10.1. The second-order valence-electron chi connectivity index (χ2n) is 4.59. The molecule has 116 valence electrons. The van der Waals surface area contributed by atoms with Crippen LogP contribution in [0.25, 0.3) is 0 Å². The molecule has 0 aliphatic heterocycles. The summed E-state index contributed by atoms with van der Waals surface area (Å²) in [7, 11) is 0. The van der Waals surface area contributed by atoms with Crippen molar-refractivity contribution >= 4 is 5.69 Å². The van der Waals surface area contributed by atoms with E-state index in [0.717, 1.165) is 12.1 Å². The van der Waals surface area contributed by atoms with Gasteiger partial charge < -0.3 is 14.8 Å². The number of nitrogens with one attached hydrogen (secondary N) is 1. The third-order valence-corrected chi connectivity index (χ3v) is 3.10. The Hall–Kier alpha value is -2.46. The van der Waals surface area contributed by atoms with Crippen LogP contribution in [0, 0.1) is 11.3 Å². The van der Waals surface area contributed by atoms with Crippen molar-refractivity contribution in [1.82, 2.24) is 0 Å². The van der Waals surface area contributed by atoms with Gasteiger partial charge in [-0.05, 0) is 36.8 Å². The highest BCUT2D eigenvalue weighted by molar-refractivity contribution is 5.59. The SMILES string of the molecule is N#Cc1cc(C(F)(F)F)ccc1NC(CCO)c1ccco1. The number of rotatable bonds is 5. The number of aliphatic hydroxyl groups excluding tert-OH is 1. The van der Waals surface area contributed by atoms with Gasteiger partial charge in [0.2, 0.25) is 0 Å². The zero-order valence-corrected chi connectivity index (χ0v) is 11.4. The molecule has 0 aliphatic rings. The molecule has 0 spiro atoms. The van der Waals surface area contributed by atoms with Crippen molar-refractivity contribution in [2.75, 3.05) is 11.9 Å². The van der Waals surface area contributed by atoms with Gasteiger partial charge in [0.1, 0.15) is 11.8 Å². The summed E-state index contributed by atoms with van der Waals surface area (Å²) in [4.78, 5) is 0. The highest BCUT2D eigenvalue weighted by Gasteiger charge is 2.31. The van der Waals surface area contributed by atoms with E-state index in [1.54, 1.807) is 18.2 Å². The number of aliphatic hydroxyl groups is 1. The number of benzene rings is 1. The van der Waals surface area contributed by atoms with Crippen LogP contribution in [-0.4, -0.2) is 11.7 Å². The van der Waals surface area contributed by atoms with E-state index in [1.165, 1.54) is 12.3 Å².